The average Bonchev–Trinajstić information content (AvgIpc) is 3.37. The number of carbonyl (C=O) groups excluding carboxylic acids is 4. The molecule has 0 rings (SSSR count). The average molecular weight is 1120 g/mol. The van der Waals surface area contributed by atoms with Gasteiger partial charge in [0, 0.05) is 25.7 Å². The van der Waals surface area contributed by atoms with E-state index in [1.807, 2.05) is 0 Å². The van der Waals surface area contributed by atoms with Gasteiger partial charge < -0.3 is 33.8 Å². The highest BCUT2D eigenvalue weighted by molar-refractivity contribution is 7.47. The molecule has 0 aliphatic rings. The molecule has 0 amide bonds. The van der Waals surface area contributed by atoms with E-state index in [0.29, 0.717) is 31.6 Å². The highest BCUT2D eigenvalue weighted by atomic mass is 31.2. The summed E-state index contributed by atoms with van der Waals surface area (Å²) >= 11 is 0. The van der Waals surface area contributed by atoms with E-state index in [-0.39, 0.29) is 25.7 Å². The summed E-state index contributed by atoms with van der Waals surface area (Å²) < 4.78 is 67.4. The molecule has 5 atom stereocenters. The second-order valence-electron chi connectivity index (χ2n) is 20.8. The van der Waals surface area contributed by atoms with Crippen molar-refractivity contribution in [2.24, 2.45) is 5.92 Å². The first-order chi connectivity index (χ1) is 36.0. The smallest absolute Gasteiger partial charge is 0.462 e. The Labute approximate surface area is 454 Å². The molecule has 444 valence electrons. The van der Waals surface area contributed by atoms with E-state index < -0.39 is 97.5 Å². The quantitative estimate of drug-likeness (QED) is 0.0222. The van der Waals surface area contributed by atoms with Gasteiger partial charge in [0.2, 0.25) is 0 Å². The van der Waals surface area contributed by atoms with Crippen molar-refractivity contribution >= 4 is 39.5 Å². The number of hydrogen-bond acceptors (Lipinski definition) is 15. The van der Waals surface area contributed by atoms with E-state index >= 15 is 0 Å². The van der Waals surface area contributed by atoms with Gasteiger partial charge in [-0.1, -0.05) is 221 Å². The molecule has 0 heterocycles. The zero-order valence-corrected chi connectivity index (χ0v) is 49.5. The van der Waals surface area contributed by atoms with Crippen molar-refractivity contribution in [2.45, 2.75) is 291 Å². The molecule has 0 spiro atoms. The van der Waals surface area contributed by atoms with E-state index in [1.165, 1.54) is 77.0 Å². The standard InChI is InChI=1S/C56H108O17P2/c1-6-9-12-15-17-19-20-21-22-26-32-37-42-56(61)73-52(46-67-54(59)40-35-30-27-23-24-29-33-38-49(4)5)48-71-75(64,65)69-44-50(57)43-68-74(62,63)70-47-51(45-66-53(58)39-34-28-14-11-8-3)72-55(60)41-36-31-25-18-16-13-10-7-2/h49-52,57H,6-48H2,1-5H3,(H,62,63)(H,64,65)/t50-,51+,52+/m0/s1. The number of hydrogen-bond donors (Lipinski definition) is 3. The van der Waals surface area contributed by atoms with Gasteiger partial charge in [0.25, 0.3) is 0 Å². The molecule has 17 nitrogen and oxygen atoms in total. The largest absolute Gasteiger partial charge is 0.472 e. The molecule has 2 unspecified atom stereocenters. The molecule has 0 saturated heterocycles. The number of esters is 4. The van der Waals surface area contributed by atoms with Crippen LogP contribution in [0.1, 0.15) is 272 Å². The zero-order chi connectivity index (χ0) is 55.7. The first-order valence-electron chi connectivity index (χ1n) is 29.6. The van der Waals surface area contributed by atoms with Gasteiger partial charge in [0.15, 0.2) is 12.2 Å². The van der Waals surface area contributed by atoms with Gasteiger partial charge >= 0.3 is 39.5 Å². The maximum atomic E-state index is 12.9. The van der Waals surface area contributed by atoms with E-state index in [0.717, 1.165) is 109 Å². The molecule has 0 aliphatic carbocycles. The normalized spacial score (nSPS) is 14.5. The van der Waals surface area contributed by atoms with Crippen LogP contribution in [0.3, 0.4) is 0 Å². The second kappa shape index (κ2) is 50.3. The zero-order valence-electron chi connectivity index (χ0n) is 47.7. The Kier molecular flexibility index (Phi) is 49.0. The van der Waals surface area contributed by atoms with Crippen molar-refractivity contribution in [3.8, 4) is 0 Å². The first kappa shape index (κ1) is 73.1. The molecule has 0 radical (unpaired) electrons. The minimum atomic E-state index is -4.93. The van der Waals surface area contributed by atoms with Crippen LogP contribution >= 0.6 is 15.6 Å². The highest BCUT2D eigenvalue weighted by Gasteiger charge is 2.30. The van der Waals surface area contributed by atoms with Crippen LogP contribution in [0.5, 0.6) is 0 Å². The van der Waals surface area contributed by atoms with Crippen LogP contribution in [-0.4, -0.2) is 96.7 Å². The minimum Gasteiger partial charge on any atom is -0.462 e. The molecule has 0 aromatic carbocycles. The molecular weight excluding hydrogens is 1010 g/mol. The predicted octanol–water partition coefficient (Wildman–Crippen LogP) is 14.7. The summed E-state index contributed by atoms with van der Waals surface area (Å²) in [4.78, 5) is 71.5. The number of unbranched alkanes of at least 4 members (excludes halogenated alkanes) is 28. The van der Waals surface area contributed by atoms with Gasteiger partial charge in [0.1, 0.15) is 19.3 Å². The van der Waals surface area contributed by atoms with Crippen molar-refractivity contribution in [1.29, 1.82) is 0 Å². The van der Waals surface area contributed by atoms with Crippen molar-refractivity contribution in [1.82, 2.24) is 0 Å². The van der Waals surface area contributed by atoms with Crippen LogP contribution in [0, 0.1) is 5.92 Å². The number of aliphatic hydroxyl groups excluding tert-OH is 1. The SMILES string of the molecule is CCCCCCCCCCCCCCC(=O)O[C@H](COC(=O)CCCCCCCCCC(C)C)COP(=O)(O)OC[C@@H](O)COP(=O)(O)OC[C@@H](COC(=O)CCCCCCC)OC(=O)CCCCCCCCCC. The summed E-state index contributed by atoms with van der Waals surface area (Å²) in [6.07, 6.45) is 31.2. The lowest BCUT2D eigenvalue weighted by molar-refractivity contribution is -0.161. The monoisotopic (exact) mass is 1110 g/mol. The number of phosphoric ester groups is 2. The summed E-state index contributed by atoms with van der Waals surface area (Å²) in [5.41, 5.74) is 0. The second-order valence-corrected chi connectivity index (χ2v) is 23.7. The molecule has 0 bridgehead atoms. The summed E-state index contributed by atoms with van der Waals surface area (Å²) in [5, 5.41) is 10.5. The summed E-state index contributed by atoms with van der Waals surface area (Å²) in [7, 11) is -9.86. The topological polar surface area (TPSA) is 237 Å². The van der Waals surface area contributed by atoms with Crippen LogP contribution in [0.15, 0.2) is 0 Å². The third-order valence-electron chi connectivity index (χ3n) is 12.8. The third-order valence-corrected chi connectivity index (χ3v) is 14.7. The number of ether oxygens (including phenoxy) is 4. The van der Waals surface area contributed by atoms with Gasteiger partial charge in [-0.3, -0.25) is 37.3 Å². The number of aliphatic hydroxyl groups is 1. The van der Waals surface area contributed by atoms with Crippen LogP contribution in [0.25, 0.3) is 0 Å². The lowest BCUT2D eigenvalue weighted by atomic mass is 10.0. The molecule has 0 aromatic heterocycles. The van der Waals surface area contributed by atoms with Gasteiger partial charge in [-0.2, -0.15) is 0 Å². The van der Waals surface area contributed by atoms with Crippen LogP contribution in [0.2, 0.25) is 0 Å². The van der Waals surface area contributed by atoms with Crippen LogP contribution < -0.4 is 0 Å². The fourth-order valence-electron chi connectivity index (χ4n) is 8.17. The fraction of sp³-hybridized carbons (Fsp3) is 0.929. The molecule has 75 heavy (non-hydrogen) atoms. The Bertz CT molecular complexity index is 1480. The van der Waals surface area contributed by atoms with Crippen molar-refractivity contribution < 1.29 is 80.2 Å². The Hall–Kier alpha value is -1.94. The Morgan fingerprint density at radius 1 is 0.360 bits per heavy atom. The van der Waals surface area contributed by atoms with E-state index in [1.54, 1.807) is 0 Å². The molecule has 0 saturated carbocycles. The lowest BCUT2D eigenvalue weighted by Crippen LogP contribution is -2.30. The first-order valence-corrected chi connectivity index (χ1v) is 32.6. The molecule has 0 aromatic rings. The fourth-order valence-corrected chi connectivity index (χ4v) is 9.75. The molecule has 0 fully saturated rings. The lowest BCUT2D eigenvalue weighted by Gasteiger charge is -2.21. The minimum absolute atomic E-state index is 0.104. The van der Waals surface area contributed by atoms with Gasteiger partial charge in [-0.05, 0) is 31.6 Å². The predicted molar refractivity (Wildman–Crippen MR) is 294 cm³/mol. The van der Waals surface area contributed by atoms with E-state index in [9.17, 15) is 43.2 Å². The molecule has 3 N–H and O–H groups in total. The summed E-state index contributed by atoms with van der Waals surface area (Å²) in [6, 6.07) is 0. The Morgan fingerprint density at radius 3 is 0.907 bits per heavy atom. The van der Waals surface area contributed by atoms with Crippen LogP contribution in [-0.2, 0) is 65.4 Å². The van der Waals surface area contributed by atoms with Crippen molar-refractivity contribution in [2.75, 3.05) is 39.6 Å². The molecule has 19 heteroatoms. The highest BCUT2D eigenvalue weighted by Crippen LogP contribution is 2.45. The van der Waals surface area contributed by atoms with E-state index in [2.05, 4.69) is 34.6 Å². The van der Waals surface area contributed by atoms with Crippen molar-refractivity contribution in [3.05, 3.63) is 0 Å². The van der Waals surface area contributed by atoms with Crippen molar-refractivity contribution in [3.63, 3.8) is 0 Å². The Morgan fingerprint density at radius 2 is 0.613 bits per heavy atom. The van der Waals surface area contributed by atoms with Gasteiger partial charge in [-0.25, -0.2) is 9.13 Å². The number of phosphoric acid groups is 2. The van der Waals surface area contributed by atoms with E-state index in [4.69, 9.17) is 37.0 Å². The summed E-state index contributed by atoms with van der Waals surface area (Å²) in [5.74, 6) is -1.45. The summed E-state index contributed by atoms with van der Waals surface area (Å²) in [6.45, 7) is 6.96. The number of rotatable bonds is 56. The Balaban J connectivity index is 5.18. The maximum Gasteiger partial charge on any atom is 0.472 e. The molecule has 0 aliphatic heterocycles. The molecular formula is C56H108O17P2. The number of carbonyl (C=O) groups is 4. The van der Waals surface area contributed by atoms with Gasteiger partial charge in [-0.15, -0.1) is 0 Å². The van der Waals surface area contributed by atoms with Gasteiger partial charge in [0.05, 0.1) is 26.4 Å². The third kappa shape index (κ3) is 51.3. The van der Waals surface area contributed by atoms with Crippen LogP contribution in [0.4, 0.5) is 0 Å². The maximum absolute atomic E-state index is 12.9.